The molecule has 2 N–H and O–H groups in total. The number of sulfonamides is 1. The topological polar surface area (TPSA) is 78.5 Å². The molecule has 0 radical (unpaired) electrons. The van der Waals surface area contributed by atoms with Crippen molar-refractivity contribution in [2.75, 3.05) is 13.1 Å². The van der Waals surface area contributed by atoms with Gasteiger partial charge in [0.1, 0.15) is 0 Å². The van der Waals surface area contributed by atoms with Gasteiger partial charge in [-0.2, -0.15) is 0 Å². The molecule has 8 heteroatoms. The number of urea groups is 1. The largest absolute Gasteiger partial charge is 0.335 e. The van der Waals surface area contributed by atoms with Crippen LogP contribution in [0.3, 0.4) is 0 Å². The van der Waals surface area contributed by atoms with E-state index in [0.29, 0.717) is 17.1 Å². The maximum atomic E-state index is 12.5. The minimum absolute atomic E-state index is 0.0239. The van der Waals surface area contributed by atoms with Crippen LogP contribution < -0.4 is 10.0 Å². The lowest BCUT2D eigenvalue weighted by Crippen LogP contribution is -2.42. The van der Waals surface area contributed by atoms with Gasteiger partial charge in [-0.1, -0.05) is 31.5 Å². The number of carbonyl (C=O) groups is 1. The van der Waals surface area contributed by atoms with E-state index in [1.54, 1.807) is 26.0 Å². The first-order chi connectivity index (χ1) is 10.7. The molecule has 0 fully saturated rings. The summed E-state index contributed by atoms with van der Waals surface area (Å²) in [5.41, 5.74) is 0.489. The maximum absolute atomic E-state index is 12.5. The molecule has 130 valence electrons. The Bertz CT molecular complexity index is 643. The minimum Gasteiger partial charge on any atom is -0.335 e. The Kier molecular flexibility index (Phi) is 7.31. The monoisotopic (exact) mass is 361 g/mol. The molecule has 0 spiro atoms. The summed E-state index contributed by atoms with van der Waals surface area (Å²) in [5.74, 6) is 0. The molecule has 0 unspecified atom stereocenters. The van der Waals surface area contributed by atoms with Crippen LogP contribution in [0.4, 0.5) is 4.79 Å². The lowest BCUT2D eigenvalue weighted by Gasteiger charge is -2.21. The molecular weight excluding hydrogens is 338 g/mol. The Balaban J connectivity index is 3.15. The fourth-order valence-corrected chi connectivity index (χ4v) is 3.54. The third kappa shape index (κ3) is 5.67. The summed E-state index contributed by atoms with van der Waals surface area (Å²) in [4.78, 5) is 13.8. The predicted octanol–water partition coefficient (Wildman–Crippen LogP) is 2.58. The first-order valence-electron chi connectivity index (χ1n) is 7.54. The smallest absolute Gasteiger partial charge is 0.328 e. The van der Waals surface area contributed by atoms with E-state index in [1.165, 1.54) is 6.07 Å². The van der Waals surface area contributed by atoms with Crippen LogP contribution in [0.2, 0.25) is 5.02 Å². The number of carbonyl (C=O) groups excluding carboxylic acids is 1. The van der Waals surface area contributed by atoms with Gasteiger partial charge >= 0.3 is 6.03 Å². The molecule has 0 saturated carbocycles. The fourth-order valence-electron chi connectivity index (χ4n) is 2.08. The molecule has 0 aliphatic carbocycles. The van der Waals surface area contributed by atoms with Gasteiger partial charge in [0, 0.05) is 23.2 Å². The standard InChI is InChI=1S/C15H24ClN3O3S/c1-5-19(6-2)10-12-13(16)8-7-9-14(12)23(21,22)18-15(20)17-11(3)4/h7-9,11H,5-6,10H2,1-4H3,(H2,17,18,20). The Hall–Kier alpha value is -1.31. The van der Waals surface area contributed by atoms with Crippen molar-refractivity contribution in [2.45, 2.75) is 45.2 Å². The average Bonchev–Trinajstić information content (AvgIpc) is 2.44. The van der Waals surface area contributed by atoms with E-state index in [9.17, 15) is 13.2 Å². The molecule has 2 amide bonds. The molecule has 0 heterocycles. The van der Waals surface area contributed by atoms with E-state index in [0.717, 1.165) is 13.1 Å². The quantitative estimate of drug-likeness (QED) is 0.782. The second-order valence-electron chi connectivity index (χ2n) is 5.41. The first-order valence-corrected chi connectivity index (χ1v) is 9.40. The van der Waals surface area contributed by atoms with Crippen molar-refractivity contribution < 1.29 is 13.2 Å². The van der Waals surface area contributed by atoms with Gasteiger partial charge < -0.3 is 5.32 Å². The molecule has 1 aromatic carbocycles. The number of hydrogen-bond donors (Lipinski definition) is 2. The van der Waals surface area contributed by atoms with Crippen molar-refractivity contribution in [1.82, 2.24) is 14.9 Å². The van der Waals surface area contributed by atoms with Crippen molar-refractivity contribution >= 4 is 27.7 Å². The van der Waals surface area contributed by atoms with E-state index in [1.807, 2.05) is 18.6 Å². The van der Waals surface area contributed by atoms with Crippen molar-refractivity contribution in [2.24, 2.45) is 0 Å². The van der Waals surface area contributed by atoms with Crippen molar-refractivity contribution in [1.29, 1.82) is 0 Å². The normalized spacial score (nSPS) is 11.8. The van der Waals surface area contributed by atoms with Gasteiger partial charge in [0.15, 0.2) is 0 Å². The molecule has 1 aromatic rings. The molecule has 6 nitrogen and oxygen atoms in total. The van der Waals surface area contributed by atoms with Crippen molar-refractivity contribution in [3.63, 3.8) is 0 Å². The predicted molar refractivity (Wildman–Crippen MR) is 92.1 cm³/mol. The Labute approximate surface area is 143 Å². The van der Waals surface area contributed by atoms with Gasteiger partial charge in [0.2, 0.25) is 0 Å². The zero-order valence-electron chi connectivity index (χ0n) is 13.9. The zero-order chi connectivity index (χ0) is 17.6. The third-order valence-electron chi connectivity index (χ3n) is 3.29. The van der Waals surface area contributed by atoms with Crippen LogP contribution in [-0.4, -0.2) is 38.5 Å². The highest BCUT2D eigenvalue weighted by molar-refractivity contribution is 7.90. The summed E-state index contributed by atoms with van der Waals surface area (Å²) in [6, 6.07) is 3.74. The molecule has 1 rings (SSSR count). The second-order valence-corrected chi connectivity index (χ2v) is 7.47. The van der Waals surface area contributed by atoms with Gasteiger partial charge in [0.25, 0.3) is 10.0 Å². The van der Waals surface area contributed by atoms with Crippen LogP contribution in [-0.2, 0) is 16.6 Å². The number of amides is 2. The van der Waals surface area contributed by atoms with Crippen LogP contribution in [0.5, 0.6) is 0 Å². The second kappa shape index (κ2) is 8.52. The first kappa shape index (κ1) is 19.7. The molecule has 0 atom stereocenters. The third-order valence-corrected chi connectivity index (χ3v) is 5.06. The molecular formula is C15H24ClN3O3S. The van der Waals surface area contributed by atoms with Gasteiger partial charge in [0.05, 0.1) is 4.90 Å². The van der Waals surface area contributed by atoms with Crippen LogP contribution in [0, 0.1) is 0 Å². The van der Waals surface area contributed by atoms with Gasteiger partial charge in [-0.25, -0.2) is 17.9 Å². The number of benzene rings is 1. The van der Waals surface area contributed by atoms with E-state index in [-0.39, 0.29) is 10.9 Å². The average molecular weight is 362 g/mol. The van der Waals surface area contributed by atoms with Crippen LogP contribution >= 0.6 is 11.6 Å². The van der Waals surface area contributed by atoms with E-state index in [4.69, 9.17) is 11.6 Å². The number of halogens is 1. The molecule has 0 bridgehead atoms. The summed E-state index contributed by atoms with van der Waals surface area (Å²) in [6.07, 6.45) is 0. The van der Waals surface area contributed by atoms with Crippen molar-refractivity contribution in [3.05, 3.63) is 28.8 Å². The molecule has 0 aromatic heterocycles. The van der Waals surface area contributed by atoms with E-state index in [2.05, 4.69) is 10.2 Å². The number of hydrogen-bond acceptors (Lipinski definition) is 4. The summed E-state index contributed by atoms with van der Waals surface area (Å²) < 4.78 is 27.0. The Morgan fingerprint density at radius 3 is 2.39 bits per heavy atom. The van der Waals surface area contributed by atoms with Gasteiger partial charge in [-0.05, 0) is 39.1 Å². The summed E-state index contributed by atoms with van der Waals surface area (Å²) >= 11 is 6.19. The van der Waals surface area contributed by atoms with Crippen LogP contribution in [0.25, 0.3) is 0 Å². The molecule has 23 heavy (non-hydrogen) atoms. The summed E-state index contributed by atoms with van der Waals surface area (Å²) in [5, 5.41) is 2.86. The Morgan fingerprint density at radius 2 is 1.87 bits per heavy atom. The molecule has 0 aliphatic rings. The van der Waals surface area contributed by atoms with Gasteiger partial charge in [-0.15, -0.1) is 0 Å². The lowest BCUT2D eigenvalue weighted by atomic mass is 10.2. The zero-order valence-corrected chi connectivity index (χ0v) is 15.5. The highest BCUT2D eigenvalue weighted by Gasteiger charge is 2.23. The highest BCUT2D eigenvalue weighted by atomic mass is 35.5. The SMILES string of the molecule is CCN(CC)Cc1c(Cl)cccc1S(=O)(=O)NC(=O)NC(C)C. The van der Waals surface area contributed by atoms with Crippen LogP contribution in [0.1, 0.15) is 33.3 Å². The number of rotatable bonds is 7. The lowest BCUT2D eigenvalue weighted by molar-refractivity contribution is 0.243. The van der Waals surface area contributed by atoms with Crippen LogP contribution in [0.15, 0.2) is 23.1 Å². The Morgan fingerprint density at radius 1 is 1.26 bits per heavy atom. The minimum atomic E-state index is -3.99. The summed E-state index contributed by atoms with van der Waals surface area (Å²) in [6.45, 7) is 9.40. The molecule has 0 saturated heterocycles. The van der Waals surface area contributed by atoms with Gasteiger partial charge in [-0.3, -0.25) is 4.90 Å². The maximum Gasteiger partial charge on any atom is 0.328 e. The summed E-state index contributed by atoms with van der Waals surface area (Å²) in [7, 11) is -3.99. The number of nitrogens with one attached hydrogen (secondary N) is 2. The fraction of sp³-hybridized carbons (Fsp3) is 0.533. The number of nitrogens with zero attached hydrogens (tertiary/aromatic N) is 1. The van der Waals surface area contributed by atoms with E-state index < -0.39 is 16.1 Å². The van der Waals surface area contributed by atoms with E-state index >= 15 is 0 Å². The van der Waals surface area contributed by atoms with Crippen molar-refractivity contribution in [3.8, 4) is 0 Å². The molecule has 0 aliphatic heterocycles. The highest BCUT2D eigenvalue weighted by Crippen LogP contribution is 2.25.